The molecule has 18 nitrogen and oxygen atoms in total. The number of carbonyl (C=O) groups excluding carboxylic acids is 8. The molecule has 2 aliphatic rings. The molecule has 0 aromatic heterocycles. The minimum atomic E-state index is -1.79. The molecule has 0 aliphatic carbocycles. The first-order valence-corrected chi connectivity index (χ1v) is 15.0. The van der Waals surface area contributed by atoms with Gasteiger partial charge in [0, 0.05) is 55.4 Å². The van der Waals surface area contributed by atoms with Crippen LogP contribution in [0.2, 0.25) is 0 Å². The summed E-state index contributed by atoms with van der Waals surface area (Å²) in [5.74, 6) is -5.93. The molecule has 2 aliphatic heterocycles. The van der Waals surface area contributed by atoms with Crippen molar-refractivity contribution >= 4 is 58.7 Å². The molecule has 2 fully saturated rings. The van der Waals surface area contributed by atoms with Gasteiger partial charge in [-0.1, -0.05) is 11.8 Å². The highest BCUT2D eigenvalue weighted by atomic mass is 32.2. The Balaban J connectivity index is 2.73. The summed E-state index contributed by atoms with van der Waals surface area (Å²) in [6, 6.07) is 0. The van der Waals surface area contributed by atoms with Gasteiger partial charge >= 0.3 is 41.8 Å². The van der Waals surface area contributed by atoms with Gasteiger partial charge in [-0.05, 0) is 0 Å². The van der Waals surface area contributed by atoms with Crippen molar-refractivity contribution in [1.29, 1.82) is 0 Å². The van der Waals surface area contributed by atoms with Crippen molar-refractivity contribution < 1.29 is 85.7 Å². The van der Waals surface area contributed by atoms with E-state index in [1.807, 2.05) is 0 Å². The molecule has 0 radical (unpaired) electrons. The molecular weight excluding hydrogens is 656 g/mol. The maximum Gasteiger partial charge on any atom is 0.303 e. The number of rotatable bonds is 12. The molecule has 0 aromatic carbocycles. The summed E-state index contributed by atoms with van der Waals surface area (Å²) in [6.45, 7) is 7.47. The standard InChI is InChI=1S/C28H38O18S/c1-11(29)37-9-19-21(39-13(3)31)23(40-14(4)32)25(42-16(6)34)27(44-19)46-22-20(10-38-12(2)30)45-28(47-18(8)36)26(43-17(7)35)24(22)41-15(5)33/h19-28H,9-10H2,1-8H3/t19-,20-,21+,22-,23?,24+,25-,26-,27+,28?/m1/s1. The van der Waals surface area contributed by atoms with Crippen LogP contribution < -0.4 is 0 Å². The summed E-state index contributed by atoms with van der Waals surface area (Å²) >= 11 is 0.594. The van der Waals surface area contributed by atoms with E-state index in [1.165, 1.54) is 6.92 Å². The second-order valence-electron chi connectivity index (χ2n) is 10.3. The smallest absolute Gasteiger partial charge is 0.303 e. The Hall–Kier alpha value is -3.81. The molecule has 19 heteroatoms. The zero-order valence-corrected chi connectivity index (χ0v) is 27.8. The highest BCUT2D eigenvalue weighted by molar-refractivity contribution is 8.14. The maximum atomic E-state index is 12.3. The van der Waals surface area contributed by atoms with Crippen LogP contribution in [0.15, 0.2) is 0 Å². The molecule has 0 spiro atoms. The van der Waals surface area contributed by atoms with Crippen LogP contribution in [0.5, 0.6) is 0 Å². The van der Waals surface area contributed by atoms with Crippen LogP contribution in [0.25, 0.3) is 0 Å². The first kappa shape index (κ1) is 39.4. The Morgan fingerprint density at radius 2 is 0.851 bits per heavy atom. The van der Waals surface area contributed by atoms with E-state index in [1.54, 1.807) is 0 Å². The van der Waals surface area contributed by atoms with E-state index in [2.05, 4.69) is 0 Å². The normalized spacial score (nSPS) is 30.1. The van der Waals surface area contributed by atoms with E-state index < -0.39 is 121 Å². The summed E-state index contributed by atoms with van der Waals surface area (Å²) in [7, 11) is 0. The van der Waals surface area contributed by atoms with Crippen molar-refractivity contribution in [2.75, 3.05) is 13.2 Å². The first-order chi connectivity index (χ1) is 21.9. The second kappa shape index (κ2) is 17.9. The number of carbonyl (C=O) groups is 8. The van der Waals surface area contributed by atoms with E-state index >= 15 is 0 Å². The number of hydrogen-bond acceptors (Lipinski definition) is 19. The lowest BCUT2D eigenvalue weighted by Crippen LogP contribution is -2.66. The van der Waals surface area contributed by atoms with Crippen LogP contribution >= 0.6 is 11.8 Å². The van der Waals surface area contributed by atoms with Crippen molar-refractivity contribution in [3.8, 4) is 0 Å². The zero-order valence-electron chi connectivity index (χ0n) is 26.9. The van der Waals surface area contributed by atoms with Crippen molar-refractivity contribution in [3.05, 3.63) is 0 Å². The fraction of sp³-hybridized carbons (Fsp3) is 0.714. The van der Waals surface area contributed by atoms with Crippen molar-refractivity contribution in [2.45, 2.75) is 116 Å². The Kier molecular flexibility index (Phi) is 15.0. The molecule has 2 saturated heterocycles. The predicted octanol–water partition coefficient (Wildman–Crippen LogP) is -0.114. The summed E-state index contributed by atoms with van der Waals surface area (Å²) in [5, 5.41) is -0.473. The molecule has 2 heterocycles. The minimum Gasteiger partial charge on any atom is -0.463 e. The first-order valence-electron chi connectivity index (χ1n) is 14.2. The Morgan fingerprint density at radius 3 is 1.28 bits per heavy atom. The van der Waals surface area contributed by atoms with Gasteiger partial charge in [0.25, 0.3) is 0 Å². The van der Waals surface area contributed by atoms with Gasteiger partial charge in [0.15, 0.2) is 47.4 Å². The van der Waals surface area contributed by atoms with Crippen LogP contribution in [0, 0.1) is 0 Å². The quantitative estimate of drug-likeness (QED) is 0.192. The molecular formula is C28H38O18S. The van der Waals surface area contributed by atoms with Gasteiger partial charge in [0.2, 0.25) is 0 Å². The topological polar surface area (TPSA) is 229 Å². The number of ether oxygens (including phenoxy) is 10. The number of esters is 7. The van der Waals surface area contributed by atoms with E-state index in [-0.39, 0.29) is 0 Å². The average molecular weight is 695 g/mol. The molecule has 0 amide bonds. The lowest BCUT2D eigenvalue weighted by atomic mass is 9.96. The number of thioether (sulfide) groups is 1. The third-order valence-electron chi connectivity index (χ3n) is 6.17. The largest absolute Gasteiger partial charge is 0.463 e. The van der Waals surface area contributed by atoms with Gasteiger partial charge in [-0.15, -0.1) is 0 Å². The molecule has 0 saturated carbocycles. The Morgan fingerprint density at radius 1 is 0.468 bits per heavy atom. The summed E-state index contributed by atoms with van der Waals surface area (Å²) in [5.41, 5.74) is -1.29. The monoisotopic (exact) mass is 694 g/mol. The highest BCUT2D eigenvalue weighted by Crippen LogP contribution is 2.37. The maximum absolute atomic E-state index is 12.3. The predicted molar refractivity (Wildman–Crippen MR) is 152 cm³/mol. The molecule has 10 atom stereocenters. The molecule has 0 bridgehead atoms. The van der Waals surface area contributed by atoms with Crippen LogP contribution in [-0.4, -0.2) is 121 Å². The van der Waals surface area contributed by atoms with Crippen molar-refractivity contribution in [1.82, 2.24) is 0 Å². The van der Waals surface area contributed by atoms with E-state index in [4.69, 9.17) is 47.4 Å². The van der Waals surface area contributed by atoms with Gasteiger partial charge < -0.3 is 47.4 Å². The van der Waals surface area contributed by atoms with E-state index in [0.717, 1.165) is 48.5 Å². The Labute approximate surface area is 273 Å². The summed E-state index contributed by atoms with van der Waals surface area (Å²) in [6.07, 6.45) is -14.0. The minimum absolute atomic E-state index is 0.473. The Bertz CT molecular complexity index is 1200. The van der Waals surface area contributed by atoms with Crippen molar-refractivity contribution in [3.63, 3.8) is 0 Å². The third kappa shape index (κ3) is 12.4. The van der Waals surface area contributed by atoms with Gasteiger partial charge in [-0.2, -0.15) is 0 Å². The van der Waals surface area contributed by atoms with E-state index in [9.17, 15) is 38.4 Å². The summed E-state index contributed by atoms with van der Waals surface area (Å²) < 4.78 is 55.5. The van der Waals surface area contributed by atoms with Crippen LogP contribution in [-0.2, 0) is 85.7 Å². The fourth-order valence-corrected chi connectivity index (χ4v) is 5.60. The van der Waals surface area contributed by atoms with Gasteiger partial charge in [0.05, 0.1) is 0 Å². The van der Waals surface area contributed by atoms with Gasteiger partial charge in [-0.3, -0.25) is 38.4 Å². The van der Waals surface area contributed by atoms with Crippen LogP contribution in [0.4, 0.5) is 0 Å². The lowest BCUT2D eigenvalue weighted by Gasteiger charge is -2.48. The molecule has 264 valence electrons. The second-order valence-corrected chi connectivity index (χ2v) is 11.5. The fourth-order valence-electron chi connectivity index (χ4n) is 4.73. The average Bonchev–Trinajstić information content (AvgIpc) is 2.91. The third-order valence-corrected chi connectivity index (χ3v) is 7.11. The van der Waals surface area contributed by atoms with Crippen LogP contribution in [0.1, 0.15) is 55.4 Å². The molecule has 47 heavy (non-hydrogen) atoms. The summed E-state index contributed by atoms with van der Waals surface area (Å²) in [4.78, 5) is 96.6. The lowest BCUT2D eigenvalue weighted by molar-refractivity contribution is -0.341. The molecule has 2 unspecified atom stereocenters. The van der Waals surface area contributed by atoms with E-state index in [0.29, 0.717) is 11.8 Å². The molecule has 0 aromatic rings. The van der Waals surface area contributed by atoms with Gasteiger partial charge in [0.1, 0.15) is 31.5 Å². The zero-order chi connectivity index (χ0) is 35.6. The molecule has 2 rings (SSSR count). The van der Waals surface area contributed by atoms with Crippen LogP contribution in [0.3, 0.4) is 0 Å². The highest BCUT2D eigenvalue weighted by Gasteiger charge is 2.57. The SMILES string of the molecule is CC(=O)OC[C@H]1OC(SC(C)=O)[C@H](OC(C)=O)[C@@H](OC(C)=O)[C@@H]1O[C@@H]1O[C@H](COC(C)=O)[C@H](OC(C)=O)C(OC(C)=O)[C@H]1OC(C)=O. The van der Waals surface area contributed by atoms with Crippen molar-refractivity contribution in [2.24, 2.45) is 0 Å². The molecule has 0 N–H and O–H groups in total. The number of hydrogen-bond donors (Lipinski definition) is 0. The van der Waals surface area contributed by atoms with Gasteiger partial charge in [-0.25, -0.2) is 0 Å².